The Bertz CT molecular complexity index is 892. The molecule has 0 fully saturated rings. The highest BCUT2D eigenvalue weighted by Gasteiger charge is 2.27. The second kappa shape index (κ2) is 6.69. The molecule has 1 N–H and O–H groups in total. The van der Waals surface area contributed by atoms with Gasteiger partial charge in [0.15, 0.2) is 11.5 Å². The molecule has 1 heterocycles. The highest BCUT2D eigenvalue weighted by molar-refractivity contribution is 5.98. The lowest BCUT2D eigenvalue weighted by atomic mass is 10.0. The second-order valence-corrected chi connectivity index (χ2v) is 5.77. The summed E-state index contributed by atoms with van der Waals surface area (Å²) in [6, 6.07) is 25.0. The quantitative estimate of drug-likeness (QED) is 0.785. The van der Waals surface area contributed by atoms with E-state index in [0.717, 1.165) is 16.8 Å². The Balaban J connectivity index is 1.55. The molecule has 124 valence electrons. The summed E-state index contributed by atoms with van der Waals surface area (Å²) in [5, 5.41) is 2.97. The molecule has 0 bridgehead atoms. The molecule has 1 aliphatic heterocycles. The third-order valence-electron chi connectivity index (χ3n) is 4.07. The van der Waals surface area contributed by atoms with E-state index in [0.29, 0.717) is 11.5 Å². The van der Waals surface area contributed by atoms with Gasteiger partial charge in [0, 0.05) is 11.3 Å². The van der Waals surface area contributed by atoms with Gasteiger partial charge in [0.25, 0.3) is 5.91 Å². The predicted molar refractivity (Wildman–Crippen MR) is 96.9 cm³/mol. The van der Waals surface area contributed by atoms with E-state index < -0.39 is 6.10 Å². The van der Waals surface area contributed by atoms with Crippen molar-refractivity contribution in [2.45, 2.75) is 6.10 Å². The molecule has 4 heteroatoms. The molecule has 1 aliphatic rings. The number of nitrogens with one attached hydrogen (secondary N) is 1. The van der Waals surface area contributed by atoms with E-state index in [2.05, 4.69) is 5.32 Å². The van der Waals surface area contributed by atoms with Crippen LogP contribution < -0.4 is 14.8 Å². The van der Waals surface area contributed by atoms with Gasteiger partial charge in [-0.25, -0.2) is 0 Å². The topological polar surface area (TPSA) is 47.6 Å². The molecular formula is C21H17NO3. The Morgan fingerprint density at radius 3 is 2.36 bits per heavy atom. The van der Waals surface area contributed by atoms with E-state index in [1.807, 2.05) is 72.8 Å². The summed E-state index contributed by atoms with van der Waals surface area (Å²) in [4.78, 5) is 12.6. The minimum atomic E-state index is -0.682. The number of anilines is 1. The van der Waals surface area contributed by atoms with Crippen LogP contribution in [0.15, 0.2) is 78.9 Å². The number of amides is 1. The first-order valence-electron chi connectivity index (χ1n) is 8.15. The van der Waals surface area contributed by atoms with Gasteiger partial charge >= 0.3 is 0 Å². The van der Waals surface area contributed by atoms with E-state index in [-0.39, 0.29) is 12.5 Å². The van der Waals surface area contributed by atoms with Crippen LogP contribution in [0.4, 0.5) is 5.69 Å². The number of ether oxygens (including phenoxy) is 2. The average molecular weight is 331 g/mol. The Kier molecular flexibility index (Phi) is 4.09. The highest BCUT2D eigenvalue weighted by atomic mass is 16.6. The van der Waals surface area contributed by atoms with Gasteiger partial charge in [-0.3, -0.25) is 4.79 Å². The van der Waals surface area contributed by atoms with Gasteiger partial charge in [0.05, 0.1) is 0 Å². The zero-order valence-corrected chi connectivity index (χ0v) is 13.5. The van der Waals surface area contributed by atoms with Gasteiger partial charge in [-0.1, -0.05) is 60.7 Å². The van der Waals surface area contributed by atoms with Crippen LogP contribution >= 0.6 is 0 Å². The molecule has 3 aromatic rings. The molecule has 0 aromatic heterocycles. The zero-order chi connectivity index (χ0) is 17.1. The molecule has 0 radical (unpaired) electrons. The molecule has 3 aromatic carbocycles. The van der Waals surface area contributed by atoms with Gasteiger partial charge in [0.1, 0.15) is 6.61 Å². The van der Waals surface area contributed by atoms with Crippen LogP contribution in [-0.2, 0) is 4.79 Å². The van der Waals surface area contributed by atoms with Crippen molar-refractivity contribution in [3.05, 3.63) is 78.9 Å². The number of benzene rings is 3. The standard InChI is InChI=1S/C21H17NO3/c23-21(20-14-24-18-12-6-7-13-19(18)25-20)22-17-11-5-4-10-16(17)15-8-2-1-3-9-15/h1-13,20H,14H2,(H,22,23)/t20-/m1/s1. The third kappa shape index (κ3) is 3.19. The molecule has 4 nitrogen and oxygen atoms in total. The molecule has 0 unspecified atom stereocenters. The lowest BCUT2D eigenvalue weighted by molar-refractivity contribution is -0.125. The monoisotopic (exact) mass is 331 g/mol. The van der Waals surface area contributed by atoms with Crippen molar-refractivity contribution >= 4 is 11.6 Å². The van der Waals surface area contributed by atoms with E-state index in [9.17, 15) is 4.79 Å². The predicted octanol–water partition coefficient (Wildman–Crippen LogP) is 4.13. The maximum Gasteiger partial charge on any atom is 0.269 e. The maximum atomic E-state index is 12.6. The Hall–Kier alpha value is -3.27. The van der Waals surface area contributed by atoms with E-state index in [4.69, 9.17) is 9.47 Å². The van der Waals surface area contributed by atoms with Crippen molar-refractivity contribution in [2.75, 3.05) is 11.9 Å². The molecule has 0 spiro atoms. The summed E-state index contributed by atoms with van der Waals surface area (Å²) >= 11 is 0. The van der Waals surface area contributed by atoms with Crippen molar-refractivity contribution in [1.82, 2.24) is 0 Å². The molecule has 4 rings (SSSR count). The Morgan fingerprint density at radius 2 is 1.52 bits per heavy atom. The minimum Gasteiger partial charge on any atom is -0.485 e. The normalized spacial score (nSPS) is 15.4. The van der Waals surface area contributed by atoms with Crippen LogP contribution in [0, 0.1) is 0 Å². The first-order chi connectivity index (χ1) is 12.3. The SMILES string of the molecule is O=C(Nc1ccccc1-c1ccccc1)[C@H]1COc2ccccc2O1. The summed E-state index contributed by atoms with van der Waals surface area (Å²) in [6.07, 6.45) is -0.682. The number of carbonyl (C=O) groups excluding carboxylic acids is 1. The minimum absolute atomic E-state index is 0.191. The molecule has 25 heavy (non-hydrogen) atoms. The highest BCUT2D eigenvalue weighted by Crippen LogP contribution is 2.32. The molecule has 0 aliphatic carbocycles. The molecular weight excluding hydrogens is 314 g/mol. The van der Waals surface area contributed by atoms with Crippen LogP contribution in [0.3, 0.4) is 0 Å². The van der Waals surface area contributed by atoms with Crippen LogP contribution in [0.25, 0.3) is 11.1 Å². The Morgan fingerprint density at radius 1 is 0.840 bits per heavy atom. The largest absolute Gasteiger partial charge is 0.485 e. The summed E-state index contributed by atoms with van der Waals surface area (Å²) in [6.45, 7) is 0.191. The number of hydrogen-bond acceptors (Lipinski definition) is 3. The molecule has 1 atom stereocenters. The Labute approximate surface area is 146 Å². The summed E-state index contributed by atoms with van der Waals surface area (Å²) < 4.78 is 11.4. The molecule has 0 saturated heterocycles. The van der Waals surface area contributed by atoms with Crippen molar-refractivity contribution in [1.29, 1.82) is 0 Å². The lowest BCUT2D eigenvalue weighted by Gasteiger charge is -2.25. The van der Waals surface area contributed by atoms with Crippen LogP contribution in [0.5, 0.6) is 11.5 Å². The fourth-order valence-electron chi connectivity index (χ4n) is 2.82. The number of rotatable bonds is 3. The van der Waals surface area contributed by atoms with Gasteiger partial charge in [-0.05, 0) is 23.8 Å². The van der Waals surface area contributed by atoms with E-state index in [1.165, 1.54) is 0 Å². The van der Waals surface area contributed by atoms with Crippen LogP contribution in [0.2, 0.25) is 0 Å². The summed E-state index contributed by atoms with van der Waals surface area (Å²) in [7, 11) is 0. The lowest BCUT2D eigenvalue weighted by Crippen LogP contribution is -2.40. The smallest absolute Gasteiger partial charge is 0.269 e. The first-order valence-corrected chi connectivity index (χ1v) is 8.15. The summed E-state index contributed by atoms with van der Waals surface area (Å²) in [5.74, 6) is 1.03. The number of para-hydroxylation sites is 3. The number of carbonyl (C=O) groups is 1. The molecule has 0 saturated carbocycles. The van der Waals surface area contributed by atoms with Crippen molar-refractivity contribution in [2.24, 2.45) is 0 Å². The molecule has 1 amide bonds. The van der Waals surface area contributed by atoms with Gasteiger partial charge in [0.2, 0.25) is 6.10 Å². The average Bonchev–Trinajstić information content (AvgIpc) is 2.68. The third-order valence-corrected chi connectivity index (χ3v) is 4.07. The van der Waals surface area contributed by atoms with Gasteiger partial charge < -0.3 is 14.8 Å². The van der Waals surface area contributed by atoms with Crippen molar-refractivity contribution in [3.8, 4) is 22.6 Å². The van der Waals surface area contributed by atoms with Gasteiger partial charge in [-0.2, -0.15) is 0 Å². The maximum absolute atomic E-state index is 12.6. The fourth-order valence-corrected chi connectivity index (χ4v) is 2.82. The fraction of sp³-hybridized carbons (Fsp3) is 0.0952. The number of fused-ring (bicyclic) bond motifs is 1. The van der Waals surface area contributed by atoms with E-state index in [1.54, 1.807) is 6.07 Å². The van der Waals surface area contributed by atoms with Gasteiger partial charge in [-0.15, -0.1) is 0 Å². The first kappa shape index (κ1) is 15.3. The van der Waals surface area contributed by atoms with Crippen molar-refractivity contribution < 1.29 is 14.3 Å². The summed E-state index contributed by atoms with van der Waals surface area (Å²) in [5.41, 5.74) is 2.76. The van der Waals surface area contributed by atoms with Crippen LogP contribution in [-0.4, -0.2) is 18.6 Å². The number of hydrogen-bond donors (Lipinski definition) is 1. The zero-order valence-electron chi connectivity index (χ0n) is 13.5. The van der Waals surface area contributed by atoms with E-state index >= 15 is 0 Å². The second-order valence-electron chi connectivity index (χ2n) is 5.77. The van der Waals surface area contributed by atoms with Crippen LogP contribution in [0.1, 0.15) is 0 Å². The van der Waals surface area contributed by atoms with Crippen molar-refractivity contribution in [3.63, 3.8) is 0 Å².